The van der Waals surface area contributed by atoms with E-state index in [1.807, 2.05) is 0 Å². The van der Waals surface area contributed by atoms with Gasteiger partial charge in [0, 0.05) is 13.2 Å². The molecule has 6 heteroatoms. The lowest BCUT2D eigenvalue weighted by Crippen LogP contribution is -2.46. The molecule has 1 saturated heterocycles. The number of ether oxygens (including phenoxy) is 2. The van der Waals surface area contributed by atoms with E-state index in [0.29, 0.717) is 19.6 Å². The predicted molar refractivity (Wildman–Crippen MR) is 69.0 cm³/mol. The molecule has 0 aliphatic carbocycles. The summed E-state index contributed by atoms with van der Waals surface area (Å²) >= 11 is 0. The molecule has 1 aliphatic heterocycles. The molecule has 0 aromatic heterocycles. The Morgan fingerprint density at radius 3 is 2.53 bits per heavy atom. The van der Waals surface area contributed by atoms with Crippen molar-refractivity contribution in [2.75, 3.05) is 19.8 Å². The first-order chi connectivity index (χ1) is 8.70. The van der Waals surface area contributed by atoms with Crippen molar-refractivity contribution in [2.45, 2.75) is 45.8 Å². The zero-order valence-electron chi connectivity index (χ0n) is 12.0. The Kier molecular flexibility index (Phi) is 5.17. The second kappa shape index (κ2) is 6.23. The smallest absolute Gasteiger partial charge is 0.410 e. The van der Waals surface area contributed by atoms with Crippen LogP contribution < -0.4 is 0 Å². The molecule has 1 heterocycles. The topological polar surface area (TPSA) is 76.1 Å². The average molecular weight is 273 g/mol. The minimum absolute atomic E-state index is 0.100. The molecule has 1 amide bonds. The van der Waals surface area contributed by atoms with Gasteiger partial charge < -0.3 is 19.5 Å². The minimum atomic E-state index is -0.924. The highest BCUT2D eigenvalue weighted by atomic mass is 16.6. The number of hydrogen-bond acceptors (Lipinski definition) is 4. The van der Waals surface area contributed by atoms with Crippen molar-refractivity contribution in [1.29, 1.82) is 0 Å². The van der Waals surface area contributed by atoms with Crippen LogP contribution in [0.4, 0.5) is 4.79 Å². The first-order valence-electron chi connectivity index (χ1n) is 6.51. The number of nitrogens with zero attached hydrogens (tertiary/aromatic N) is 1. The summed E-state index contributed by atoms with van der Waals surface area (Å²) in [6, 6.07) is -0.100. The van der Waals surface area contributed by atoms with Crippen molar-refractivity contribution in [3.63, 3.8) is 0 Å². The summed E-state index contributed by atoms with van der Waals surface area (Å²) in [6.07, 6.45) is 0.238. The van der Waals surface area contributed by atoms with Gasteiger partial charge in [-0.3, -0.25) is 4.79 Å². The van der Waals surface area contributed by atoms with Gasteiger partial charge in [-0.2, -0.15) is 0 Å². The van der Waals surface area contributed by atoms with Gasteiger partial charge in [0.15, 0.2) is 0 Å². The molecule has 0 saturated carbocycles. The van der Waals surface area contributed by atoms with Gasteiger partial charge in [-0.15, -0.1) is 0 Å². The van der Waals surface area contributed by atoms with Crippen LogP contribution >= 0.6 is 0 Å². The lowest BCUT2D eigenvalue weighted by atomic mass is 10.1. The van der Waals surface area contributed by atoms with Gasteiger partial charge >= 0.3 is 12.1 Å². The molecule has 0 radical (unpaired) electrons. The van der Waals surface area contributed by atoms with Crippen LogP contribution in [-0.4, -0.2) is 53.5 Å². The lowest BCUT2D eigenvalue weighted by Gasteiger charge is -2.31. The van der Waals surface area contributed by atoms with Crippen LogP contribution in [0.15, 0.2) is 0 Å². The van der Waals surface area contributed by atoms with Crippen molar-refractivity contribution in [2.24, 2.45) is 5.92 Å². The predicted octanol–water partition coefficient (Wildman–Crippen LogP) is 1.73. The van der Waals surface area contributed by atoms with Crippen LogP contribution in [0.3, 0.4) is 0 Å². The maximum atomic E-state index is 12.2. The Morgan fingerprint density at radius 2 is 2.11 bits per heavy atom. The number of carboxylic acid groups (broad SMARTS) is 1. The van der Waals surface area contributed by atoms with Crippen molar-refractivity contribution < 1.29 is 24.2 Å². The van der Waals surface area contributed by atoms with Gasteiger partial charge in [0.05, 0.1) is 18.6 Å². The summed E-state index contributed by atoms with van der Waals surface area (Å²) in [6.45, 7) is 8.10. The summed E-state index contributed by atoms with van der Waals surface area (Å²) in [4.78, 5) is 24.6. The van der Waals surface area contributed by atoms with Gasteiger partial charge in [0.25, 0.3) is 0 Å². The molecule has 110 valence electrons. The highest BCUT2D eigenvalue weighted by molar-refractivity contribution is 5.72. The fourth-order valence-corrected chi connectivity index (χ4v) is 1.83. The standard InChI is InChI=1S/C13H23NO5/c1-9(11(15)16)7-14(10-5-6-18-8-10)12(17)19-13(2,3)4/h9-10H,5-8H2,1-4H3,(H,15,16). The van der Waals surface area contributed by atoms with Crippen molar-refractivity contribution in [1.82, 2.24) is 4.90 Å². The highest BCUT2D eigenvalue weighted by Crippen LogP contribution is 2.18. The Bertz CT molecular complexity index is 330. The van der Waals surface area contributed by atoms with E-state index in [9.17, 15) is 9.59 Å². The van der Waals surface area contributed by atoms with Crippen LogP contribution in [-0.2, 0) is 14.3 Å². The van der Waals surface area contributed by atoms with Gasteiger partial charge in [-0.25, -0.2) is 4.79 Å². The Hall–Kier alpha value is -1.30. The van der Waals surface area contributed by atoms with E-state index >= 15 is 0 Å². The van der Waals surface area contributed by atoms with Crippen LogP contribution in [0, 0.1) is 5.92 Å². The second-order valence-electron chi connectivity index (χ2n) is 5.89. The quantitative estimate of drug-likeness (QED) is 0.844. The molecule has 1 fully saturated rings. The Morgan fingerprint density at radius 1 is 1.47 bits per heavy atom. The maximum absolute atomic E-state index is 12.2. The lowest BCUT2D eigenvalue weighted by molar-refractivity contribution is -0.141. The molecule has 2 atom stereocenters. The third kappa shape index (κ3) is 5.06. The minimum Gasteiger partial charge on any atom is -0.481 e. The van der Waals surface area contributed by atoms with E-state index in [-0.39, 0.29) is 12.6 Å². The van der Waals surface area contributed by atoms with Gasteiger partial charge in [-0.1, -0.05) is 6.92 Å². The van der Waals surface area contributed by atoms with Gasteiger partial charge in [0.1, 0.15) is 5.60 Å². The Balaban J connectivity index is 2.73. The van der Waals surface area contributed by atoms with Crippen LogP contribution in [0.5, 0.6) is 0 Å². The molecule has 1 aliphatic rings. The molecular formula is C13H23NO5. The number of carbonyl (C=O) groups is 2. The first-order valence-corrected chi connectivity index (χ1v) is 6.51. The van der Waals surface area contributed by atoms with Gasteiger partial charge in [0.2, 0.25) is 0 Å². The number of carbonyl (C=O) groups excluding carboxylic acids is 1. The van der Waals surface area contributed by atoms with Gasteiger partial charge in [-0.05, 0) is 27.2 Å². The molecular weight excluding hydrogens is 250 g/mol. The molecule has 2 unspecified atom stereocenters. The highest BCUT2D eigenvalue weighted by Gasteiger charge is 2.33. The van der Waals surface area contributed by atoms with Crippen molar-refractivity contribution >= 4 is 12.1 Å². The van der Waals surface area contributed by atoms with Crippen LogP contribution in [0.1, 0.15) is 34.1 Å². The fraction of sp³-hybridized carbons (Fsp3) is 0.846. The largest absolute Gasteiger partial charge is 0.481 e. The maximum Gasteiger partial charge on any atom is 0.410 e. The molecule has 6 nitrogen and oxygen atoms in total. The molecule has 0 aromatic carbocycles. The second-order valence-corrected chi connectivity index (χ2v) is 5.89. The van der Waals surface area contributed by atoms with E-state index in [1.54, 1.807) is 27.7 Å². The number of aliphatic carboxylic acids is 1. The molecule has 1 N–H and O–H groups in total. The molecule has 0 bridgehead atoms. The zero-order valence-corrected chi connectivity index (χ0v) is 12.0. The zero-order chi connectivity index (χ0) is 14.6. The summed E-state index contributed by atoms with van der Waals surface area (Å²) in [5.41, 5.74) is -0.596. The third-order valence-corrected chi connectivity index (χ3v) is 2.87. The first kappa shape index (κ1) is 15.8. The molecule has 1 rings (SSSR count). The SMILES string of the molecule is CC(CN(C(=O)OC(C)(C)C)C1CCOC1)C(=O)O. The Labute approximate surface area is 113 Å². The molecule has 19 heavy (non-hydrogen) atoms. The third-order valence-electron chi connectivity index (χ3n) is 2.87. The fourth-order valence-electron chi connectivity index (χ4n) is 1.83. The number of rotatable bonds is 4. The van der Waals surface area contributed by atoms with E-state index in [2.05, 4.69) is 0 Å². The van der Waals surface area contributed by atoms with E-state index < -0.39 is 23.6 Å². The number of amides is 1. The number of carboxylic acids is 1. The summed E-state index contributed by atoms with van der Waals surface area (Å²) in [7, 11) is 0. The monoisotopic (exact) mass is 273 g/mol. The summed E-state index contributed by atoms with van der Waals surface area (Å²) in [5, 5.41) is 8.98. The molecule has 0 spiro atoms. The van der Waals surface area contributed by atoms with E-state index in [1.165, 1.54) is 4.90 Å². The van der Waals surface area contributed by atoms with E-state index in [0.717, 1.165) is 0 Å². The average Bonchev–Trinajstić information content (AvgIpc) is 2.75. The van der Waals surface area contributed by atoms with Crippen LogP contribution in [0.25, 0.3) is 0 Å². The summed E-state index contributed by atoms with van der Waals surface area (Å²) in [5.74, 6) is -1.56. The summed E-state index contributed by atoms with van der Waals surface area (Å²) < 4.78 is 10.6. The number of hydrogen-bond donors (Lipinski definition) is 1. The van der Waals surface area contributed by atoms with Crippen molar-refractivity contribution in [3.05, 3.63) is 0 Å². The molecule has 0 aromatic rings. The van der Waals surface area contributed by atoms with E-state index in [4.69, 9.17) is 14.6 Å². The van der Waals surface area contributed by atoms with Crippen molar-refractivity contribution in [3.8, 4) is 0 Å². The van der Waals surface area contributed by atoms with Crippen LogP contribution in [0.2, 0.25) is 0 Å². The normalized spacial score (nSPS) is 20.9.